The van der Waals surface area contributed by atoms with Gasteiger partial charge in [-0.3, -0.25) is 9.59 Å². The number of nitrogens with one attached hydrogen (secondary N) is 1. The molecule has 3 aromatic rings. The van der Waals surface area contributed by atoms with E-state index in [-0.39, 0.29) is 11.5 Å². The fourth-order valence-corrected chi connectivity index (χ4v) is 2.94. The molecule has 7 nitrogen and oxygen atoms in total. The smallest absolute Gasteiger partial charge is 0.272 e. The first-order chi connectivity index (χ1) is 12.5. The van der Waals surface area contributed by atoms with Gasteiger partial charge in [-0.1, -0.05) is 0 Å². The molecule has 0 unspecified atom stereocenters. The Labute approximate surface area is 150 Å². The van der Waals surface area contributed by atoms with E-state index in [4.69, 9.17) is 9.47 Å². The van der Waals surface area contributed by atoms with Crippen molar-refractivity contribution in [2.75, 3.05) is 19.5 Å². The molecule has 0 fully saturated rings. The highest BCUT2D eigenvalue weighted by Crippen LogP contribution is 2.29. The number of aromatic nitrogens is 2. The Hall–Kier alpha value is -3.22. The molecule has 0 saturated heterocycles. The van der Waals surface area contributed by atoms with Gasteiger partial charge in [0.25, 0.3) is 11.5 Å². The van der Waals surface area contributed by atoms with Crippen molar-refractivity contribution in [1.29, 1.82) is 0 Å². The Morgan fingerprint density at radius 2 is 1.92 bits per heavy atom. The van der Waals surface area contributed by atoms with E-state index in [1.54, 1.807) is 53.8 Å². The van der Waals surface area contributed by atoms with Crippen molar-refractivity contribution in [3.8, 4) is 11.5 Å². The van der Waals surface area contributed by atoms with E-state index in [9.17, 15) is 9.59 Å². The van der Waals surface area contributed by atoms with Crippen LogP contribution in [0, 0.1) is 0 Å². The number of rotatable bonds is 5. The highest BCUT2D eigenvalue weighted by Gasteiger charge is 2.17. The topological polar surface area (TPSA) is 74.5 Å². The second kappa shape index (κ2) is 6.95. The number of nitrogens with zero attached hydrogens (tertiary/aromatic N) is 2. The molecule has 0 bridgehead atoms. The molecule has 0 radical (unpaired) electrons. The zero-order chi connectivity index (χ0) is 18.8. The van der Waals surface area contributed by atoms with Crippen LogP contribution < -0.4 is 20.3 Å². The Morgan fingerprint density at radius 1 is 1.15 bits per heavy atom. The third kappa shape index (κ3) is 2.92. The summed E-state index contributed by atoms with van der Waals surface area (Å²) in [7, 11) is 4.84. The van der Waals surface area contributed by atoms with Gasteiger partial charge in [0.15, 0.2) is 0 Å². The van der Waals surface area contributed by atoms with E-state index in [2.05, 4.69) is 5.32 Å². The van der Waals surface area contributed by atoms with Crippen molar-refractivity contribution in [3.63, 3.8) is 0 Å². The predicted molar refractivity (Wildman–Crippen MR) is 100 cm³/mol. The summed E-state index contributed by atoms with van der Waals surface area (Å²) in [5.41, 5.74) is 1.48. The Bertz CT molecular complexity index is 1030. The lowest BCUT2D eigenvalue weighted by atomic mass is 10.2. The zero-order valence-electron chi connectivity index (χ0n) is 15.2. The molecule has 1 N–H and O–H groups in total. The minimum absolute atomic E-state index is 0.112. The zero-order valence-corrected chi connectivity index (χ0v) is 15.2. The summed E-state index contributed by atoms with van der Waals surface area (Å²) in [6.45, 7) is 2.48. The van der Waals surface area contributed by atoms with Gasteiger partial charge in [0.2, 0.25) is 0 Å². The lowest BCUT2D eigenvalue weighted by Crippen LogP contribution is -2.17. The average molecular weight is 355 g/mol. The Balaban J connectivity index is 2.02. The Kier molecular flexibility index (Phi) is 4.71. The summed E-state index contributed by atoms with van der Waals surface area (Å²) in [6, 6.07) is 8.60. The van der Waals surface area contributed by atoms with Crippen molar-refractivity contribution in [2.45, 2.75) is 13.5 Å². The van der Waals surface area contributed by atoms with Gasteiger partial charge in [-0.05, 0) is 31.2 Å². The number of pyridine rings is 1. The third-order valence-corrected chi connectivity index (χ3v) is 4.41. The standard InChI is InChI=1S/C19H21N3O4/c1-5-22-9-8-15-13(19(22)24)11-16(21(15)2)18(23)20-14-10-12(25-3)6-7-17(14)26-4/h6-11H,5H2,1-4H3,(H,20,23). The molecule has 136 valence electrons. The average Bonchev–Trinajstić information content (AvgIpc) is 2.99. The Morgan fingerprint density at radius 3 is 2.58 bits per heavy atom. The van der Waals surface area contributed by atoms with E-state index in [0.29, 0.717) is 40.3 Å². The first kappa shape index (κ1) is 17.6. The molecule has 0 saturated carbocycles. The highest BCUT2D eigenvalue weighted by molar-refractivity contribution is 6.07. The van der Waals surface area contributed by atoms with Gasteiger partial charge in [0, 0.05) is 25.9 Å². The number of carbonyl (C=O) groups is 1. The molecular weight excluding hydrogens is 334 g/mol. The van der Waals surface area contributed by atoms with Crippen LogP contribution in [0.15, 0.2) is 41.3 Å². The van der Waals surface area contributed by atoms with Crippen LogP contribution >= 0.6 is 0 Å². The summed E-state index contributed by atoms with van der Waals surface area (Å²) in [4.78, 5) is 25.3. The molecule has 0 atom stereocenters. The van der Waals surface area contributed by atoms with Crippen LogP contribution in [0.25, 0.3) is 10.9 Å². The predicted octanol–water partition coefficient (Wildman–Crippen LogP) is 2.63. The monoisotopic (exact) mass is 355 g/mol. The minimum atomic E-state index is -0.335. The summed E-state index contributed by atoms with van der Waals surface area (Å²) in [6.07, 6.45) is 1.73. The number of carbonyl (C=O) groups excluding carboxylic acids is 1. The molecule has 26 heavy (non-hydrogen) atoms. The summed E-state index contributed by atoms with van der Waals surface area (Å²) in [5, 5.41) is 3.34. The second-order valence-electron chi connectivity index (χ2n) is 5.81. The minimum Gasteiger partial charge on any atom is -0.497 e. The molecular formula is C19H21N3O4. The van der Waals surface area contributed by atoms with Gasteiger partial charge in [0.1, 0.15) is 17.2 Å². The quantitative estimate of drug-likeness (QED) is 0.763. The number of benzene rings is 1. The highest BCUT2D eigenvalue weighted by atomic mass is 16.5. The second-order valence-corrected chi connectivity index (χ2v) is 5.81. The first-order valence-electron chi connectivity index (χ1n) is 8.22. The SMILES string of the molecule is CCn1ccc2c(cc(C(=O)Nc3cc(OC)ccc3OC)n2C)c1=O. The van der Waals surface area contributed by atoms with Crippen LogP contribution in [-0.2, 0) is 13.6 Å². The molecule has 7 heteroatoms. The van der Waals surface area contributed by atoms with Crippen LogP contribution in [0.2, 0.25) is 0 Å². The number of amides is 1. The van der Waals surface area contributed by atoms with Gasteiger partial charge in [0.05, 0.1) is 30.8 Å². The van der Waals surface area contributed by atoms with E-state index < -0.39 is 0 Å². The molecule has 1 amide bonds. The van der Waals surface area contributed by atoms with Gasteiger partial charge >= 0.3 is 0 Å². The lowest BCUT2D eigenvalue weighted by molar-refractivity contribution is 0.101. The van der Waals surface area contributed by atoms with Crippen LogP contribution in [0.1, 0.15) is 17.4 Å². The normalized spacial score (nSPS) is 10.8. The maximum atomic E-state index is 12.8. The fraction of sp³-hybridized carbons (Fsp3) is 0.263. The van der Waals surface area contributed by atoms with Gasteiger partial charge < -0.3 is 23.9 Å². The van der Waals surface area contributed by atoms with Crippen molar-refractivity contribution in [1.82, 2.24) is 9.13 Å². The summed E-state index contributed by atoms with van der Waals surface area (Å²) in [5.74, 6) is 0.785. The van der Waals surface area contributed by atoms with Crippen LogP contribution in [-0.4, -0.2) is 29.3 Å². The van der Waals surface area contributed by atoms with Crippen molar-refractivity contribution < 1.29 is 14.3 Å². The lowest BCUT2D eigenvalue weighted by Gasteiger charge is -2.12. The maximum Gasteiger partial charge on any atom is 0.272 e. The number of fused-ring (bicyclic) bond motifs is 1. The van der Waals surface area contributed by atoms with Crippen LogP contribution in [0.4, 0.5) is 5.69 Å². The maximum absolute atomic E-state index is 12.8. The fourth-order valence-electron chi connectivity index (χ4n) is 2.94. The number of ether oxygens (including phenoxy) is 2. The summed E-state index contributed by atoms with van der Waals surface area (Å²) < 4.78 is 13.8. The molecule has 2 aromatic heterocycles. The molecule has 0 aliphatic heterocycles. The number of methoxy groups -OCH3 is 2. The van der Waals surface area contributed by atoms with Crippen molar-refractivity contribution >= 4 is 22.5 Å². The van der Waals surface area contributed by atoms with Crippen LogP contribution in [0.3, 0.4) is 0 Å². The summed E-state index contributed by atoms with van der Waals surface area (Å²) >= 11 is 0. The van der Waals surface area contributed by atoms with E-state index in [1.165, 1.54) is 7.11 Å². The van der Waals surface area contributed by atoms with Gasteiger partial charge in [-0.15, -0.1) is 0 Å². The first-order valence-corrected chi connectivity index (χ1v) is 8.22. The van der Waals surface area contributed by atoms with E-state index in [0.717, 1.165) is 0 Å². The number of hydrogen-bond donors (Lipinski definition) is 1. The molecule has 0 aliphatic carbocycles. The largest absolute Gasteiger partial charge is 0.497 e. The number of anilines is 1. The molecule has 1 aromatic carbocycles. The van der Waals surface area contributed by atoms with Gasteiger partial charge in [-0.2, -0.15) is 0 Å². The van der Waals surface area contributed by atoms with Crippen LogP contribution in [0.5, 0.6) is 11.5 Å². The third-order valence-electron chi connectivity index (χ3n) is 4.41. The van der Waals surface area contributed by atoms with Crippen molar-refractivity contribution in [3.05, 3.63) is 52.6 Å². The number of aryl methyl sites for hydroxylation is 2. The molecule has 2 heterocycles. The molecule has 0 aliphatic rings. The van der Waals surface area contributed by atoms with E-state index >= 15 is 0 Å². The van der Waals surface area contributed by atoms with E-state index in [1.807, 2.05) is 13.0 Å². The van der Waals surface area contributed by atoms with Gasteiger partial charge in [-0.25, -0.2) is 0 Å². The number of hydrogen-bond acceptors (Lipinski definition) is 4. The van der Waals surface area contributed by atoms with Crippen molar-refractivity contribution in [2.24, 2.45) is 7.05 Å². The molecule has 3 rings (SSSR count). The molecule has 0 spiro atoms.